The van der Waals surface area contributed by atoms with Gasteiger partial charge in [0, 0.05) is 16.7 Å². The predicted molar refractivity (Wildman–Crippen MR) is 173 cm³/mol. The van der Waals surface area contributed by atoms with Crippen LogP contribution in [-0.4, -0.2) is 15.0 Å². The average molecular weight is 561 g/mol. The summed E-state index contributed by atoms with van der Waals surface area (Å²) in [5, 5.41) is 10.1. The highest BCUT2D eigenvalue weighted by atomic mass is 15.0. The Labute approximate surface area is 254 Å². The lowest BCUT2D eigenvalue weighted by Crippen LogP contribution is -2.42. The molecule has 2 aliphatic carbocycles. The van der Waals surface area contributed by atoms with Crippen LogP contribution < -0.4 is 0 Å². The molecule has 212 valence electrons. The minimum Gasteiger partial charge on any atom is -0.208 e. The monoisotopic (exact) mass is 560 g/mol. The van der Waals surface area contributed by atoms with Crippen molar-refractivity contribution in [2.75, 3.05) is 0 Å². The average Bonchev–Trinajstić information content (AvgIpc) is 3.04. The number of aromatic nitrogens is 3. The molecule has 0 aliphatic heterocycles. The molecular formula is C39H36N4. The van der Waals surface area contributed by atoms with Crippen LogP contribution in [0.1, 0.15) is 57.1 Å². The molecule has 4 aromatic carbocycles. The van der Waals surface area contributed by atoms with Crippen LogP contribution in [0.15, 0.2) is 103 Å². The highest BCUT2D eigenvalue weighted by Crippen LogP contribution is 2.54. The summed E-state index contributed by atoms with van der Waals surface area (Å²) >= 11 is 0. The van der Waals surface area contributed by atoms with Crippen molar-refractivity contribution in [1.82, 2.24) is 15.0 Å². The Balaban J connectivity index is 1.35. The lowest BCUT2D eigenvalue weighted by Gasteiger charge is -2.50. The summed E-state index contributed by atoms with van der Waals surface area (Å²) in [7, 11) is 0. The molecule has 4 heteroatoms. The van der Waals surface area contributed by atoms with Gasteiger partial charge >= 0.3 is 0 Å². The van der Waals surface area contributed by atoms with Gasteiger partial charge < -0.3 is 0 Å². The SMILES string of the molecule is C[C@@H]1C[C@@H]2C[C@H](C)CC(c3cc(C#N)cc(-c4nc(-c5ccccc5)nc(-c5ccc(-c6ccccc6)cc5)n4)c3)(C1)C2. The van der Waals surface area contributed by atoms with Gasteiger partial charge in [0.1, 0.15) is 0 Å². The number of benzene rings is 4. The van der Waals surface area contributed by atoms with Crippen molar-refractivity contribution in [3.05, 3.63) is 114 Å². The van der Waals surface area contributed by atoms with Gasteiger partial charge in [-0.1, -0.05) is 98.8 Å². The van der Waals surface area contributed by atoms with E-state index in [1.54, 1.807) is 0 Å². The molecule has 0 radical (unpaired) electrons. The van der Waals surface area contributed by atoms with Gasteiger partial charge in [0.25, 0.3) is 0 Å². The Morgan fingerprint density at radius 3 is 1.65 bits per heavy atom. The van der Waals surface area contributed by atoms with Gasteiger partial charge in [-0.25, -0.2) is 15.0 Å². The molecule has 4 nitrogen and oxygen atoms in total. The van der Waals surface area contributed by atoms with Gasteiger partial charge in [-0.3, -0.25) is 0 Å². The number of fused-ring (bicyclic) bond motifs is 2. The summed E-state index contributed by atoms with van der Waals surface area (Å²) in [6.45, 7) is 4.80. The maximum Gasteiger partial charge on any atom is 0.164 e. The third-order valence-electron chi connectivity index (χ3n) is 9.48. The van der Waals surface area contributed by atoms with E-state index < -0.39 is 0 Å². The summed E-state index contributed by atoms with van der Waals surface area (Å²) in [4.78, 5) is 15.0. The molecule has 7 rings (SSSR count). The van der Waals surface area contributed by atoms with Crippen molar-refractivity contribution in [2.45, 2.75) is 51.4 Å². The Morgan fingerprint density at radius 2 is 1.07 bits per heavy atom. The van der Waals surface area contributed by atoms with Crippen molar-refractivity contribution < 1.29 is 0 Å². The number of nitrogens with zero attached hydrogens (tertiary/aromatic N) is 4. The predicted octanol–water partition coefficient (Wildman–Crippen LogP) is 9.52. The van der Waals surface area contributed by atoms with Gasteiger partial charge in [0.15, 0.2) is 17.5 Å². The lowest BCUT2D eigenvalue weighted by atomic mass is 9.54. The van der Waals surface area contributed by atoms with E-state index in [2.05, 4.69) is 80.6 Å². The normalized spacial score (nSPS) is 23.0. The van der Waals surface area contributed by atoms with Crippen LogP contribution in [0.4, 0.5) is 0 Å². The molecule has 5 aromatic rings. The first-order chi connectivity index (χ1) is 21.0. The quantitative estimate of drug-likeness (QED) is 0.215. The molecule has 2 saturated carbocycles. The second kappa shape index (κ2) is 11.2. The van der Waals surface area contributed by atoms with E-state index in [0.29, 0.717) is 34.9 Å². The fourth-order valence-corrected chi connectivity index (χ4v) is 7.98. The highest BCUT2D eigenvalue weighted by molar-refractivity contribution is 5.71. The van der Waals surface area contributed by atoms with E-state index in [-0.39, 0.29) is 5.41 Å². The molecule has 1 unspecified atom stereocenters. The minimum absolute atomic E-state index is 0.104. The Bertz CT molecular complexity index is 1770. The molecule has 4 atom stereocenters. The van der Waals surface area contributed by atoms with Crippen LogP contribution >= 0.6 is 0 Å². The van der Waals surface area contributed by atoms with E-state index in [4.69, 9.17) is 15.0 Å². The lowest BCUT2D eigenvalue weighted by molar-refractivity contribution is 0.0780. The zero-order chi connectivity index (χ0) is 29.4. The van der Waals surface area contributed by atoms with Crippen LogP contribution in [0.3, 0.4) is 0 Å². The molecule has 0 amide bonds. The zero-order valence-corrected chi connectivity index (χ0v) is 24.9. The largest absolute Gasteiger partial charge is 0.208 e. The number of rotatable bonds is 5. The topological polar surface area (TPSA) is 62.5 Å². The van der Waals surface area contributed by atoms with Gasteiger partial charge in [-0.15, -0.1) is 0 Å². The molecule has 0 N–H and O–H groups in total. The first-order valence-electron chi connectivity index (χ1n) is 15.5. The fraction of sp³-hybridized carbons (Fsp3) is 0.282. The summed E-state index contributed by atoms with van der Waals surface area (Å²) in [6, 6.07) is 37.7. The second-order valence-electron chi connectivity index (χ2n) is 13.0. The Morgan fingerprint density at radius 1 is 0.581 bits per heavy atom. The van der Waals surface area contributed by atoms with Gasteiger partial charge in [-0.2, -0.15) is 5.26 Å². The van der Waals surface area contributed by atoms with E-state index in [1.807, 2.05) is 42.5 Å². The summed E-state index contributed by atoms with van der Waals surface area (Å²) in [5.41, 5.74) is 7.13. The summed E-state index contributed by atoms with van der Waals surface area (Å²) < 4.78 is 0. The molecule has 1 heterocycles. The molecule has 0 spiro atoms. The number of nitriles is 1. The van der Waals surface area contributed by atoms with E-state index >= 15 is 0 Å². The van der Waals surface area contributed by atoms with Crippen molar-refractivity contribution >= 4 is 0 Å². The molecular weight excluding hydrogens is 524 g/mol. The molecule has 1 aromatic heterocycles. The van der Waals surface area contributed by atoms with Crippen LogP contribution in [-0.2, 0) is 5.41 Å². The van der Waals surface area contributed by atoms with Crippen molar-refractivity contribution in [3.63, 3.8) is 0 Å². The van der Waals surface area contributed by atoms with E-state index in [9.17, 15) is 5.26 Å². The molecule has 2 bridgehead atoms. The van der Waals surface area contributed by atoms with Crippen molar-refractivity contribution in [3.8, 4) is 51.4 Å². The van der Waals surface area contributed by atoms with E-state index in [1.165, 1.54) is 43.2 Å². The van der Waals surface area contributed by atoms with Gasteiger partial charge in [0.05, 0.1) is 11.6 Å². The minimum atomic E-state index is 0.104. The standard InChI is InChI=1S/C39H36N4/c1-26-17-28-18-27(2)23-39(22-26,24-28)35-20-29(25-40)19-34(21-35)38-42-36(32-11-7-4-8-12-32)41-37(43-38)33-15-13-31(14-16-33)30-9-5-3-6-10-30/h3-16,19-21,26-28H,17-18,22-24H2,1-2H3/t26-,27+,28-,39?. The third-order valence-corrected chi connectivity index (χ3v) is 9.48. The first kappa shape index (κ1) is 27.2. The smallest absolute Gasteiger partial charge is 0.164 e. The highest BCUT2D eigenvalue weighted by Gasteiger charge is 2.45. The van der Waals surface area contributed by atoms with E-state index in [0.717, 1.165) is 28.2 Å². The summed E-state index contributed by atoms with van der Waals surface area (Å²) in [6.07, 6.45) is 6.19. The van der Waals surface area contributed by atoms with Crippen LogP contribution in [0.5, 0.6) is 0 Å². The number of hydrogen-bond acceptors (Lipinski definition) is 4. The number of hydrogen-bond donors (Lipinski definition) is 0. The van der Waals surface area contributed by atoms with Crippen LogP contribution in [0.2, 0.25) is 0 Å². The Kier molecular flexibility index (Phi) is 7.11. The van der Waals surface area contributed by atoms with Gasteiger partial charge in [0.2, 0.25) is 0 Å². The van der Waals surface area contributed by atoms with Gasteiger partial charge in [-0.05, 0) is 90.2 Å². The van der Waals surface area contributed by atoms with Crippen molar-refractivity contribution in [2.24, 2.45) is 17.8 Å². The third kappa shape index (κ3) is 5.48. The second-order valence-corrected chi connectivity index (χ2v) is 13.0. The first-order valence-corrected chi connectivity index (χ1v) is 15.5. The van der Waals surface area contributed by atoms with Crippen LogP contribution in [0, 0.1) is 29.1 Å². The molecule has 0 saturated heterocycles. The summed E-state index contributed by atoms with van der Waals surface area (Å²) in [5.74, 6) is 4.00. The van der Waals surface area contributed by atoms with Crippen molar-refractivity contribution in [1.29, 1.82) is 5.26 Å². The molecule has 2 aliphatic rings. The maximum atomic E-state index is 10.1. The molecule has 43 heavy (non-hydrogen) atoms. The Hall–Kier alpha value is -4.62. The van der Waals surface area contributed by atoms with Crippen LogP contribution in [0.25, 0.3) is 45.3 Å². The maximum absolute atomic E-state index is 10.1. The fourth-order valence-electron chi connectivity index (χ4n) is 7.98. The zero-order valence-electron chi connectivity index (χ0n) is 24.9. The molecule has 2 fully saturated rings.